The molecule has 5 heteroatoms. The largest absolute Gasteiger partial charge is 0.481 e. The minimum atomic E-state index is -0.805. The van der Waals surface area contributed by atoms with E-state index in [2.05, 4.69) is 19.2 Å². The van der Waals surface area contributed by atoms with Crippen LogP contribution in [-0.2, 0) is 9.59 Å². The first-order valence-electron chi connectivity index (χ1n) is 8.15. The molecule has 2 unspecified atom stereocenters. The lowest BCUT2D eigenvalue weighted by atomic mass is 9.92. The molecule has 0 aromatic rings. The molecule has 0 heterocycles. The number of amides is 1. The zero-order valence-corrected chi connectivity index (χ0v) is 13.3. The number of aliphatic carboxylic acids is 1. The van der Waals surface area contributed by atoms with Crippen LogP contribution in [0.1, 0.15) is 58.8 Å². The number of hydrogen-bond acceptors (Lipinski definition) is 3. The van der Waals surface area contributed by atoms with Crippen molar-refractivity contribution in [2.75, 3.05) is 6.54 Å². The normalized spacial score (nSPS) is 24.4. The van der Waals surface area contributed by atoms with E-state index in [4.69, 9.17) is 10.8 Å². The molecule has 1 saturated carbocycles. The molecular weight excluding hydrogens is 268 g/mol. The van der Waals surface area contributed by atoms with E-state index < -0.39 is 5.97 Å². The number of nitrogens with two attached hydrogens (primary N) is 1. The van der Waals surface area contributed by atoms with Gasteiger partial charge in [-0.1, -0.05) is 33.1 Å². The van der Waals surface area contributed by atoms with Gasteiger partial charge >= 0.3 is 5.97 Å². The smallest absolute Gasteiger partial charge is 0.303 e. The van der Waals surface area contributed by atoms with Gasteiger partial charge in [-0.3, -0.25) is 9.59 Å². The minimum Gasteiger partial charge on any atom is -0.481 e. The molecular formula is C16H30N2O3. The number of hydrogen-bond donors (Lipinski definition) is 3. The molecule has 1 aliphatic carbocycles. The summed E-state index contributed by atoms with van der Waals surface area (Å²) in [4.78, 5) is 23.2. The first kappa shape index (κ1) is 18.0. The van der Waals surface area contributed by atoms with Crippen LogP contribution in [-0.4, -0.2) is 29.6 Å². The van der Waals surface area contributed by atoms with E-state index in [-0.39, 0.29) is 30.2 Å². The Kier molecular flexibility index (Phi) is 7.72. The molecule has 1 aliphatic rings. The quantitative estimate of drug-likeness (QED) is 0.628. The average Bonchev–Trinajstić information content (AvgIpc) is 2.59. The van der Waals surface area contributed by atoms with Gasteiger partial charge in [0.15, 0.2) is 0 Å². The molecule has 1 rings (SSSR count). The molecule has 0 aromatic carbocycles. The topological polar surface area (TPSA) is 92.4 Å². The van der Waals surface area contributed by atoms with Crippen molar-refractivity contribution in [2.24, 2.45) is 23.5 Å². The van der Waals surface area contributed by atoms with E-state index in [1.807, 2.05) is 0 Å². The number of rotatable bonds is 7. The Balaban J connectivity index is 2.48. The first-order valence-corrected chi connectivity index (χ1v) is 8.15. The Morgan fingerprint density at radius 2 is 1.90 bits per heavy atom. The van der Waals surface area contributed by atoms with Crippen molar-refractivity contribution in [3.63, 3.8) is 0 Å². The summed E-state index contributed by atoms with van der Waals surface area (Å²) in [7, 11) is 0. The molecule has 3 atom stereocenters. The van der Waals surface area contributed by atoms with Crippen LogP contribution in [0.3, 0.4) is 0 Å². The van der Waals surface area contributed by atoms with E-state index in [0.717, 1.165) is 38.5 Å². The molecule has 0 bridgehead atoms. The zero-order valence-electron chi connectivity index (χ0n) is 13.3. The van der Waals surface area contributed by atoms with Crippen molar-refractivity contribution in [1.29, 1.82) is 0 Å². The van der Waals surface area contributed by atoms with Gasteiger partial charge in [0, 0.05) is 19.0 Å². The number of carbonyl (C=O) groups excluding carboxylic acids is 1. The van der Waals surface area contributed by atoms with Gasteiger partial charge in [-0.25, -0.2) is 0 Å². The Bertz CT molecular complexity index is 344. The second-order valence-corrected chi connectivity index (χ2v) is 6.75. The van der Waals surface area contributed by atoms with Crippen LogP contribution in [0.4, 0.5) is 0 Å². The fourth-order valence-corrected chi connectivity index (χ4v) is 3.19. The van der Waals surface area contributed by atoms with E-state index in [1.165, 1.54) is 0 Å². The maximum absolute atomic E-state index is 12.3. The Hall–Kier alpha value is -1.10. The maximum atomic E-state index is 12.3. The maximum Gasteiger partial charge on any atom is 0.303 e. The van der Waals surface area contributed by atoms with Gasteiger partial charge in [-0.2, -0.15) is 0 Å². The second kappa shape index (κ2) is 9.03. The summed E-state index contributed by atoms with van der Waals surface area (Å²) in [6.45, 7) is 4.57. The summed E-state index contributed by atoms with van der Waals surface area (Å²) < 4.78 is 0. The SMILES string of the molecule is CC(C)C[C@H](CNC(=O)C1CCCCCC1N)CC(=O)O. The molecule has 0 saturated heterocycles. The summed E-state index contributed by atoms with van der Waals surface area (Å²) in [5.74, 6) is -0.499. The molecule has 5 nitrogen and oxygen atoms in total. The fraction of sp³-hybridized carbons (Fsp3) is 0.875. The molecule has 0 aliphatic heterocycles. The van der Waals surface area contributed by atoms with Crippen molar-refractivity contribution in [1.82, 2.24) is 5.32 Å². The Morgan fingerprint density at radius 3 is 2.52 bits per heavy atom. The van der Waals surface area contributed by atoms with Gasteiger partial charge in [0.1, 0.15) is 0 Å². The molecule has 0 aromatic heterocycles. The number of carboxylic acid groups (broad SMARTS) is 1. The van der Waals surface area contributed by atoms with Gasteiger partial charge in [0.05, 0.1) is 5.92 Å². The summed E-state index contributed by atoms with van der Waals surface area (Å²) in [6, 6.07) is -0.0597. The van der Waals surface area contributed by atoms with Crippen LogP contribution in [0.15, 0.2) is 0 Å². The van der Waals surface area contributed by atoms with E-state index in [1.54, 1.807) is 0 Å². The number of carboxylic acids is 1. The summed E-state index contributed by atoms with van der Waals surface area (Å²) in [5.41, 5.74) is 6.09. The predicted molar refractivity (Wildman–Crippen MR) is 82.8 cm³/mol. The highest BCUT2D eigenvalue weighted by atomic mass is 16.4. The molecule has 0 radical (unpaired) electrons. The number of carbonyl (C=O) groups is 2. The molecule has 21 heavy (non-hydrogen) atoms. The van der Waals surface area contributed by atoms with Crippen LogP contribution >= 0.6 is 0 Å². The van der Waals surface area contributed by atoms with Gasteiger partial charge < -0.3 is 16.2 Å². The second-order valence-electron chi connectivity index (χ2n) is 6.75. The van der Waals surface area contributed by atoms with Crippen LogP contribution in [0, 0.1) is 17.8 Å². The third kappa shape index (κ3) is 6.93. The third-order valence-electron chi connectivity index (χ3n) is 4.24. The lowest BCUT2D eigenvalue weighted by molar-refractivity contribution is -0.138. The van der Waals surface area contributed by atoms with Crippen molar-refractivity contribution < 1.29 is 14.7 Å². The Morgan fingerprint density at radius 1 is 1.24 bits per heavy atom. The van der Waals surface area contributed by atoms with Gasteiger partial charge in [-0.15, -0.1) is 0 Å². The van der Waals surface area contributed by atoms with Gasteiger partial charge in [0.2, 0.25) is 5.91 Å². The molecule has 1 fully saturated rings. The fourth-order valence-electron chi connectivity index (χ4n) is 3.19. The highest BCUT2D eigenvalue weighted by Crippen LogP contribution is 2.22. The van der Waals surface area contributed by atoms with Crippen LogP contribution in [0.5, 0.6) is 0 Å². The third-order valence-corrected chi connectivity index (χ3v) is 4.24. The zero-order chi connectivity index (χ0) is 15.8. The monoisotopic (exact) mass is 298 g/mol. The van der Waals surface area contributed by atoms with Crippen LogP contribution in [0.25, 0.3) is 0 Å². The molecule has 122 valence electrons. The van der Waals surface area contributed by atoms with Crippen molar-refractivity contribution in [2.45, 2.75) is 64.8 Å². The number of nitrogens with one attached hydrogen (secondary N) is 1. The van der Waals surface area contributed by atoms with Gasteiger partial charge in [0.25, 0.3) is 0 Å². The Labute approximate surface area is 127 Å². The molecule has 0 spiro atoms. The van der Waals surface area contributed by atoms with Crippen molar-refractivity contribution >= 4 is 11.9 Å². The van der Waals surface area contributed by atoms with E-state index >= 15 is 0 Å². The standard InChI is InChI=1S/C16H30N2O3/c1-11(2)8-12(9-15(19)20)10-18-16(21)13-6-4-3-5-7-14(13)17/h11-14H,3-10,17H2,1-2H3,(H,18,21)(H,19,20)/t12-,13?,14?/m0/s1. The van der Waals surface area contributed by atoms with Crippen LogP contribution < -0.4 is 11.1 Å². The van der Waals surface area contributed by atoms with Crippen LogP contribution in [0.2, 0.25) is 0 Å². The highest BCUT2D eigenvalue weighted by Gasteiger charge is 2.27. The summed E-state index contributed by atoms with van der Waals surface area (Å²) in [5, 5.41) is 11.9. The molecule has 4 N–H and O–H groups in total. The van der Waals surface area contributed by atoms with E-state index in [0.29, 0.717) is 12.5 Å². The van der Waals surface area contributed by atoms with E-state index in [9.17, 15) is 9.59 Å². The summed E-state index contributed by atoms with van der Waals surface area (Å²) >= 11 is 0. The lowest BCUT2D eigenvalue weighted by Crippen LogP contribution is -2.43. The van der Waals surface area contributed by atoms with Gasteiger partial charge in [-0.05, 0) is 31.1 Å². The predicted octanol–water partition coefficient (Wildman–Crippen LogP) is 2.15. The lowest BCUT2D eigenvalue weighted by Gasteiger charge is -2.23. The first-order chi connectivity index (χ1) is 9.90. The molecule has 1 amide bonds. The van der Waals surface area contributed by atoms with Crippen molar-refractivity contribution in [3.05, 3.63) is 0 Å². The minimum absolute atomic E-state index is 0.00328. The van der Waals surface area contributed by atoms with Crippen molar-refractivity contribution in [3.8, 4) is 0 Å². The average molecular weight is 298 g/mol. The summed E-state index contributed by atoms with van der Waals surface area (Å²) in [6.07, 6.45) is 5.96. The highest BCUT2D eigenvalue weighted by molar-refractivity contribution is 5.79.